The lowest BCUT2D eigenvalue weighted by Gasteiger charge is -2.24. The van der Waals surface area contributed by atoms with Crippen molar-refractivity contribution in [3.8, 4) is 0 Å². The van der Waals surface area contributed by atoms with Crippen LogP contribution >= 0.6 is 0 Å². The highest BCUT2D eigenvalue weighted by Gasteiger charge is 2.28. The Morgan fingerprint density at radius 2 is 2.11 bits per heavy atom. The molecule has 51 valence electrons. The minimum Gasteiger partial charge on any atom is -0.309 e. The fraction of sp³-hybridized carbons (Fsp3) is 0.875. The van der Waals surface area contributed by atoms with Gasteiger partial charge >= 0.3 is 0 Å². The standard InChI is InChI=1S/C8H14N/c1-2-4-8-7(3-1)5-6-9-8/h6-9H,1-5H2/t7?,8-/m0/s1. The largest absolute Gasteiger partial charge is 0.309 e. The molecule has 1 saturated carbocycles. The highest BCUT2D eigenvalue weighted by Crippen LogP contribution is 2.31. The van der Waals surface area contributed by atoms with E-state index in [2.05, 4.69) is 11.9 Å². The van der Waals surface area contributed by atoms with E-state index in [1.54, 1.807) is 0 Å². The molecule has 1 heterocycles. The summed E-state index contributed by atoms with van der Waals surface area (Å²) in [6.07, 6.45) is 7.12. The second kappa shape index (κ2) is 2.30. The molecule has 0 aromatic heterocycles. The molecule has 0 aromatic rings. The van der Waals surface area contributed by atoms with Gasteiger partial charge in [-0.1, -0.05) is 12.8 Å². The Balaban J connectivity index is 1.97. The molecule has 2 fully saturated rings. The van der Waals surface area contributed by atoms with Gasteiger partial charge in [0.15, 0.2) is 0 Å². The van der Waals surface area contributed by atoms with Gasteiger partial charge in [0.05, 0.1) is 0 Å². The lowest BCUT2D eigenvalue weighted by Crippen LogP contribution is -2.28. The van der Waals surface area contributed by atoms with Crippen molar-refractivity contribution < 1.29 is 0 Å². The second-order valence-corrected chi connectivity index (χ2v) is 3.26. The third kappa shape index (κ3) is 0.983. The topological polar surface area (TPSA) is 12.0 Å². The van der Waals surface area contributed by atoms with Gasteiger partial charge in [-0.15, -0.1) is 0 Å². The van der Waals surface area contributed by atoms with Gasteiger partial charge < -0.3 is 5.32 Å². The summed E-state index contributed by atoms with van der Waals surface area (Å²) in [5.74, 6) is 0.999. The SMILES string of the molecule is [CH]1CC2CCCC[C@@H]2N1. The molecule has 1 heteroatoms. The van der Waals surface area contributed by atoms with Gasteiger partial charge in [0.25, 0.3) is 0 Å². The van der Waals surface area contributed by atoms with Crippen LogP contribution in [0.1, 0.15) is 32.1 Å². The Labute approximate surface area is 56.8 Å². The lowest BCUT2D eigenvalue weighted by atomic mass is 9.86. The van der Waals surface area contributed by atoms with Crippen molar-refractivity contribution in [1.29, 1.82) is 0 Å². The molecule has 0 spiro atoms. The predicted octanol–water partition coefficient (Wildman–Crippen LogP) is 1.70. The maximum Gasteiger partial charge on any atom is 0.0227 e. The van der Waals surface area contributed by atoms with Crippen molar-refractivity contribution >= 4 is 0 Å². The van der Waals surface area contributed by atoms with Crippen molar-refractivity contribution in [2.75, 3.05) is 0 Å². The second-order valence-electron chi connectivity index (χ2n) is 3.26. The summed E-state index contributed by atoms with van der Waals surface area (Å²) in [6.45, 7) is 2.25. The zero-order chi connectivity index (χ0) is 6.10. The average Bonchev–Trinajstić information content (AvgIpc) is 2.33. The zero-order valence-corrected chi connectivity index (χ0v) is 5.77. The molecule has 1 unspecified atom stereocenters. The van der Waals surface area contributed by atoms with Crippen molar-refractivity contribution in [3.63, 3.8) is 0 Å². The third-order valence-electron chi connectivity index (χ3n) is 2.66. The van der Waals surface area contributed by atoms with E-state index < -0.39 is 0 Å². The molecule has 2 aliphatic rings. The summed E-state index contributed by atoms with van der Waals surface area (Å²) in [5, 5.41) is 3.43. The summed E-state index contributed by atoms with van der Waals surface area (Å²) in [6, 6.07) is 0.860. The Kier molecular flexibility index (Phi) is 1.46. The first-order chi connectivity index (χ1) is 4.47. The first-order valence-electron chi connectivity index (χ1n) is 4.04. The van der Waals surface area contributed by atoms with E-state index in [4.69, 9.17) is 0 Å². The summed E-state index contributed by atoms with van der Waals surface area (Å²) in [5.41, 5.74) is 0. The first-order valence-corrected chi connectivity index (χ1v) is 4.04. The maximum atomic E-state index is 3.43. The fourth-order valence-corrected chi connectivity index (χ4v) is 2.08. The van der Waals surface area contributed by atoms with Crippen LogP contribution in [0.25, 0.3) is 0 Å². The molecule has 9 heavy (non-hydrogen) atoms. The molecule has 1 saturated heterocycles. The van der Waals surface area contributed by atoms with E-state index in [-0.39, 0.29) is 0 Å². The monoisotopic (exact) mass is 124 g/mol. The molecule has 2 atom stereocenters. The van der Waals surface area contributed by atoms with E-state index in [1.165, 1.54) is 32.1 Å². The number of rotatable bonds is 0. The minimum absolute atomic E-state index is 0.860. The van der Waals surface area contributed by atoms with Gasteiger partial charge in [-0.2, -0.15) is 0 Å². The molecule has 0 amide bonds. The van der Waals surface area contributed by atoms with E-state index in [0.29, 0.717) is 0 Å². The van der Waals surface area contributed by atoms with E-state index in [9.17, 15) is 0 Å². The molecule has 1 aliphatic heterocycles. The molecule has 0 bridgehead atoms. The highest BCUT2D eigenvalue weighted by molar-refractivity contribution is 4.92. The van der Waals surface area contributed by atoms with Gasteiger partial charge in [-0.25, -0.2) is 0 Å². The fourth-order valence-electron chi connectivity index (χ4n) is 2.08. The molecule has 1 radical (unpaired) electrons. The normalized spacial score (nSPS) is 42.7. The Hall–Kier alpha value is -0.0400. The van der Waals surface area contributed by atoms with Crippen LogP contribution in [0.3, 0.4) is 0 Å². The molecule has 1 aliphatic carbocycles. The molecular weight excluding hydrogens is 110 g/mol. The summed E-state index contributed by atoms with van der Waals surface area (Å²) >= 11 is 0. The van der Waals surface area contributed by atoms with E-state index in [1.807, 2.05) is 0 Å². The number of hydrogen-bond donors (Lipinski definition) is 1. The van der Waals surface area contributed by atoms with Crippen LogP contribution in [0.15, 0.2) is 0 Å². The van der Waals surface area contributed by atoms with E-state index >= 15 is 0 Å². The van der Waals surface area contributed by atoms with Crippen molar-refractivity contribution in [2.24, 2.45) is 5.92 Å². The number of fused-ring (bicyclic) bond motifs is 1. The average molecular weight is 124 g/mol. The lowest BCUT2D eigenvalue weighted by molar-refractivity contribution is 0.326. The molecule has 0 aromatic carbocycles. The predicted molar refractivity (Wildman–Crippen MR) is 37.8 cm³/mol. The molecule has 1 nitrogen and oxygen atoms in total. The van der Waals surface area contributed by atoms with Gasteiger partial charge in [0.2, 0.25) is 0 Å². The smallest absolute Gasteiger partial charge is 0.0227 e. The van der Waals surface area contributed by atoms with Crippen molar-refractivity contribution in [1.82, 2.24) is 5.32 Å². The Morgan fingerprint density at radius 1 is 1.22 bits per heavy atom. The van der Waals surface area contributed by atoms with Crippen LogP contribution in [-0.4, -0.2) is 6.04 Å². The van der Waals surface area contributed by atoms with Crippen LogP contribution in [0, 0.1) is 12.5 Å². The van der Waals surface area contributed by atoms with Crippen molar-refractivity contribution in [2.45, 2.75) is 38.1 Å². The number of hydrogen-bond acceptors (Lipinski definition) is 1. The van der Waals surface area contributed by atoms with Crippen LogP contribution in [0.2, 0.25) is 0 Å². The number of nitrogens with one attached hydrogen (secondary N) is 1. The van der Waals surface area contributed by atoms with Crippen molar-refractivity contribution in [3.05, 3.63) is 6.54 Å². The van der Waals surface area contributed by atoms with Gasteiger partial charge in [-0.05, 0) is 25.2 Å². The van der Waals surface area contributed by atoms with Gasteiger partial charge in [0, 0.05) is 12.6 Å². The summed E-state index contributed by atoms with van der Waals surface area (Å²) in [7, 11) is 0. The minimum atomic E-state index is 0.860. The maximum absolute atomic E-state index is 3.43. The Bertz CT molecular complexity index is 88.7. The quantitative estimate of drug-likeness (QED) is 0.518. The van der Waals surface area contributed by atoms with Gasteiger partial charge in [0.1, 0.15) is 0 Å². The highest BCUT2D eigenvalue weighted by atomic mass is 15.0. The molecule has 2 rings (SSSR count). The third-order valence-corrected chi connectivity index (χ3v) is 2.66. The zero-order valence-electron chi connectivity index (χ0n) is 5.77. The molecular formula is C8H14N. The first kappa shape index (κ1) is 5.72. The Morgan fingerprint density at radius 3 is 3.00 bits per heavy atom. The van der Waals surface area contributed by atoms with Gasteiger partial charge in [-0.3, -0.25) is 0 Å². The van der Waals surface area contributed by atoms with E-state index in [0.717, 1.165) is 12.0 Å². The summed E-state index contributed by atoms with van der Waals surface area (Å²) in [4.78, 5) is 0. The van der Waals surface area contributed by atoms with Crippen LogP contribution in [0.4, 0.5) is 0 Å². The van der Waals surface area contributed by atoms with Crippen LogP contribution < -0.4 is 5.32 Å². The van der Waals surface area contributed by atoms with Crippen LogP contribution in [0.5, 0.6) is 0 Å². The van der Waals surface area contributed by atoms with Crippen LogP contribution in [-0.2, 0) is 0 Å². The summed E-state index contributed by atoms with van der Waals surface area (Å²) < 4.78 is 0. The molecule has 1 N–H and O–H groups in total.